The highest BCUT2D eigenvalue weighted by Crippen LogP contribution is 2.34. The number of hydrogen-bond donors (Lipinski definition) is 1. The number of carbonyl (C=O) groups excluding carboxylic acids is 1. The first-order chi connectivity index (χ1) is 15.6. The van der Waals surface area contributed by atoms with Gasteiger partial charge in [-0.15, -0.1) is 0 Å². The normalized spacial score (nSPS) is 16.4. The van der Waals surface area contributed by atoms with Gasteiger partial charge in [0.15, 0.2) is 10.8 Å². The molecule has 1 aliphatic rings. The fourth-order valence-electron chi connectivity index (χ4n) is 4.11. The van der Waals surface area contributed by atoms with Gasteiger partial charge in [-0.3, -0.25) is 9.78 Å². The van der Waals surface area contributed by atoms with Gasteiger partial charge in [-0.1, -0.05) is 35.1 Å². The third kappa shape index (κ3) is 4.10. The van der Waals surface area contributed by atoms with Gasteiger partial charge in [-0.05, 0) is 51.0 Å². The van der Waals surface area contributed by atoms with Crippen LogP contribution in [0.15, 0.2) is 48.7 Å². The molecule has 0 radical (unpaired) electrons. The van der Waals surface area contributed by atoms with Gasteiger partial charge < -0.3 is 10.2 Å². The van der Waals surface area contributed by atoms with Gasteiger partial charge in [-0.2, -0.15) is 10.1 Å². The number of nitrogens with zero attached hydrogens (tertiary/aromatic N) is 5. The number of piperidine rings is 1. The van der Waals surface area contributed by atoms with Crippen molar-refractivity contribution in [3.63, 3.8) is 0 Å². The Hall–Kier alpha value is -3.26. The van der Waals surface area contributed by atoms with Crippen molar-refractivity contribution in [2.75, 3.05) is 18.0 Å². The van der Waals surface area contributed by atoms with Gasteiger partial charge in [0, 0.05) is 19.3 Å². The van der Waals surface area contributed by atoms with Gasteiger partial charge in [0.2, 0.25) is 5.91 Å². The first-order valence-corrected chi connectivity index (χ1v) is 11.8. The van der Waals surface area contributed by atoms with Crippen LogP contribution in [0.4, 0.5) is 5.13 Å². The fourth-order valence-corrected chi connectivity index (χ4v) is 5.14. The molecule has 0 bridgehead atoms. The number of aryl methyl sites for hydroxylation is 2. The van der Waals surface area contributed by atoms with E-state index in [1.165, 1.54) is 5.56 Å². The molecule has 4 aromatic rings. The Morgan fingerprint density at radius 2 is 2.03 bits per heavy atom. The Morgan fingerprint density at radius 3 is 2.81 bits per heavy atom. The summed E-state index contributed by atoms with van der Waals surface area (Å²) in [4.78, 5) is 24.3. The molecule has 0 saturated carbocycles. The smallest absolute Gasteiger partial charge is 0.225 e. The van der Waals surface area contributed by atoms with Crippen molar-refractivity contribution in [1.82, 2.24) is 25.1 Å². The molecule has 5 rings (SSSR count). The minimum Gasteiger partial charge on any atom is -0.350 e. The highest BCUT2D eigenvalue weighted by atomic mass is 32.1. The van der Waals surface area contributed by atoms with Gasteiger partial charge in [-0.25, -0.2) is 4.68 Å². The third-order valence-electron chi connectivity index (χ3n) is 5.89. The number of hydrogen-bond acceptors (Lipinski definition) is 6. The number of thiazole rings is 1. The van der Waals surface area contributed by atoms with Crippen molar-refractivity contribution in [1.29, 1.82) is 0 Å². The molecule has 1 amide bonds. The number of benzene rings is 1. The van der Waals surface area contributed by atoms with Crippen molar-refractivity contribution in [2.45, 2.75) is 33.2 Å². The second kappa shape index (κ2) is 8.70. The minimum absolute atomic E-state index is 0.0471. The quantitative estimate of drug-likeness (QED) is 0.501. The number of anilines is 1. The van der Waals surface area contributed by atoms with Gasteiger partial charge in [0.1, 0.15) is 0 Å². The molecule has 0 aliphatic carbocycles. The summed E-state index contributed by atoms with van der Waals surface area (Å²) >= 11 is 1.66. The summed E-state index contributed by atoms with van der Waals surface area (Å²) in [7, 11) is 0. The maximum Gasteiger partial charge on any atom is 0.225 e. The van der Waals surface area contributed by atoms with Crippen molar-refractivity contribution >= 4 is 32.7 Å². The van der Waals surface area contributed by atoms with E-state index in [1.807, 2.05) is 29.8 Å². The van der Waals surface area contributed by atoms with E-state index in [1.54, 1.807) is 17.5 Å². The first kappa shape index (κ1) is 20.6. The lowest BCUT2D eigenvalue weighted by Gasteiger charge is -2.31. The molecular formula is C24H26N6OS. The largest absolute Gasteiger partial charge is 0.350 e. The lowest BCUT2D eigenvalue weighted by atomic mass is 9.97. The molecule has 7 nitrogen and oxygen atoms in total. The molecule has 1 saturated heterocycles. The zero-order valence-corrected chi connectivity index (χ0v) is 19.1. The molecule has 1 fully saturated rings. The molecule has 32 heavy (non-hydrogen) atoms. The van der Waals surface area contributed by atoms with Gasteiger partial charge in [0.25, 0.3) is 0 Å². The average Bonchev–Trinajstić information content (AvgIpc) is 3.39. The predicted octanol–water partition coefficient (Wildman–Crippen LogP) is 4.03. The summed E-state index contributed by atoms with van der Waals surface area (Å²) in [5.41, 5.74) is 4.96. The van der Waals surface area contributed by atoms with Crippen LogP contribution in [-0.2, 0) is 11.3 Å². The van der Waals surface area contributed by atoms with E-state index in [0.29, 0.717) is 13.1 Å². The summed E-state index contributed by atoms with van der Waals surface area (Å²) in [6, 6.07) is 14.1. The van der Waals surface area contributed by atoms with Crippen molar-refractivity contribution in [2.24, 2.45) is 5.92 Å². The number of nitrogens with one attached hydrogen (secondary N) is 1. The zero-order chi connectivity index (χ0) is 22.1. The molecule has 1 atom stereocenters. The zero-order valence-electron chi connectivity index (χ0n) is 18.3. The van der Waals surface area contributed by atoms with Crippen LogP contribution >= 0.6 is 11.3 Å². The number of carbonyl (C=O) groups is 1. The number of amides is 1. The Labute approximate surface area is 191 Å². The predicted molar refractivity (Wildman–Crippen MR) is 127 cm³/mol. The lowest BCUT2D eigenvalue weighted by molar-refractivity contribution is -0.125. The number of rotatable bonds is 5. The molecule has 164 valence electrons. The summed E-state index contributed by atoms with van der Waals surface area (Å²) in [5, 5.41) is 8.72. The standard InChI is InChI=1S/C24H26N6OS/c1-16-8-10-20(11-9-16)30-22-21(17(2)28-30)32-24(27-22)29-13-5-6-18(15-29)23(31)26-14-19-7-3-4-12-25-19/h3-4,7-12,18H,5-6,13-15H2,1-2H3,(H,26,31)/t18-/m0/s1. The van der Waals surface area contributed by atoms with Crippen LogP contribution in [0.3, 0.4) is 0 Å². The highest BCUT2D eigenvalue weighted by molar-refractivity contribution is 7.22. The average molecular weight is 447 g/mol. The number of fused-ring (bicyclic) bond motifs is 1. The van der Waals surface area contributed by atoms with Crippen LogP contribution in [0.5, 0.6) is 0 Å². The molecule has 3 aromatic heterocycles. The molecule has 1 aliphatic heterocycles. The number of pyridine rings is 1. The van der Waals surface area contributed by atoms with Gasteiger partial charge >= 0.3 is 0 Å². The van der Waals surface area contributed by atoms with Crippen LogP contribution in [-0.4, -0.2) is 38.7 Å². The van der Waals surface area contributed by atoms with Crippen LogP contribution in [0.25, 0.3) is 16.0 Å². The monoisotopic (exact) mass is 446 g/mol. The van der Waals surface area contributed by atoms with Crippen LogP contribution in [0.1, 0.15) is 29.8 Å². The Kier molecular flexibility index (Phi) is 5.61. The van der Waals surface area contributed by atoms with Crippen molar-refractivity contribution < 1.29 is 4.79 Å². The van der Waals surface area contributed by atoms with Crippen LogP contribution < -0.4 is 10.2 Å². The molecule has 0 unspecified atom stereocenters. The first-order valence-electron chi connectivity index (χ1n) is 10.9. The van der Waals surface area contributed by atoms with E-state index in [4.69, 9.17) is 10.1 Å². The topological polar surface area (TPSA) is 75.9 Å². The highest BCUT2D eigenvalue weighted by Gasteiger charge is 2.28. The van der Waals surface area contributed by atoms with Crippen LogP contribution in [0, 0.1) is 19.8 Å². The van der Waals surface area contributed by atoms with Crippen LogP contribution in [0.2, 0.25) is 0 Å². The molecule has 8 heteroatoms. The Balaban J connectivity index is 1.33. The summed E-state index contributed by atoms with van der Waals surface area (Å²) in [5.74, 6) is 0.0395. The van der Waals surface area contributed by atoms with E-state index in [2.05, 4.69) is 46.4 Å². The van der Waals surface area contributed by atoms with E-state index < -0.39 is 0 Å². The lowest BCUT2D eigenvalue weighted by Crippen LogP contribution is -2.43. The third-order valence-corrected chi connectivity index (χ3v) is 7.10. The number of aromatic nitrogens is 4. The fraction of sp³-hybridized carbons (Fsp3) is 0.333. The Bertz CT molecular complexity index is 1230. The summed E-state index contributed by atoms with van der Waals surface area (Å²) < 4.78 is 3.02. The second-order valence-corrected chi connectivity index (χ2v) is 9.28. The van der Waals surface area contributed by atoms with E-state index in [0.717, 1.165) is 51.9 Å². The minimum atomic E-state index is -0.0471. The second-order valence-electron chi connectivity index (χ2n) is 8.31. The molecule has 1 N–H and O–H groups in total. The summed E-state index contributed by atoms with van der Waals surface area (Å²) in [6.07, 6.45) is 3.61. The molecule has 0 spiro atoms. The summed E-state index contributed by atoms with van der Waals surface area (Å²) in [6.45, 7) is 6.16. The SMILES string of the molecule is Cc1ccc(-n2nc(C)c3sc(N4CCC[C@H](C(=O)NCc5ccccn5)C4)nc32)cc1. The maximum atomic E-state index is 12.8. The molecule has 4 heterocycles. The van der Waals surface area contributed by atoms with Crippen molar-refractivity contribution in [3.8, 4) is 5.69 Å². The Morgan fingerprint density at radius 1 is 1.19 bits per heavy atom. The van der Waals surface area contributed by atoms with Crippen molar-refractivity contribution in [3.05, 3.63) is 65.6 Å². The molecule has 1 aromatic carbocycles. The maximum absolute atomic E-state index is 12.8. The van der Waals surface area contributed by atoms with E-state index in [-0.39, 0.29) is 11.8 Å². The van der Waals surface area contributed by atoms with Gasteiger partial charge in [0.05, 0.1) is 34.2 Å². The van der Waals surface area contributed by atoms with E-state index >= 15 is 0 Å². The molecular weight excluding hydrogens is 420 g/mol. The van der Waals surface area contributed by atoms with E-state index in [9.17, 15) is 4.79 Å².